The highest BCUT2D eigenvalue weighted by molar-refractivity contribution is 5.99. The Labute approximate surface area is 225 Å². The summed E-state index contributed by atoms with van der Waals surface area (Å²) in [5, 5.41) is 11.4. The smallest absolute Gasteiger partial charge is 0.311 e. The Morgan fingerprint density at radius 1 is 0.974 bits per heavy atom. The number of hydrogen-bond acceptors (Lipinski definition) is 10. The zero-order valence-corrected chi connectivity index (χ0v) is 22.4. The number of nitrogens with one attached hydrogen (secondary N) is 3. The Hall–Kier alpha value is -3.81. The number of Topliss-reactive ketones (excluding diaryl/α,β-unsaturated/α-hetero) is 1. The number of aromatic nitrogens is 1. The molecule has 1 aromatic carbocycles. The molecule has 3 amide bonds. The van der Waals surface area contributed by atoms with Gasteiger partial charge in [0, 0.05) is 14.2 Å². The summed E-state index contributed by atoms with van der Waals surface area (Å²) in [5.74, 6) is -2.27. The van der Waals surface area contributed by atoms with Crippen LogP contribution in [0.1, 0.15) is 29.9 Å². The number of carbonyl (C=O) groups excluding carboxylic acids is 4. The van der Waals surface area contributed by atoms with E-state index in [0.717, 1.165) is 5.56 Å². The number of carbonyl (C=O) groups is 4. The summed E-state index contributed by atoms with van der Waals surface area (Å²) < 4.78 is 25.6. The maximum Gasteiger partial charge on any atom is 0.311 e. The van der Waals surface area contributed by atoms with E-state index in [4.69, 9.17) is 23.5 Å². The number of nitrogens with zero attached hydrogens (tertiary/aromatic N) is 1. The molecule has 0 aliphatic carbocycles. The van der Waals surface area contributed by atoms with E-state index < -0.39 is 41.4 Å². The van der Waals surface area contributed by atoms with Crippen LogP contribution in [-0.2, 0) is 35.0 Å². The summed E-state index contributed by atoms with van der Waals surface area (Å²) in [4.78, 5) is 52.1. The van der Waals surface area contributed by atoms with Gasteiger partial charge < -0.3 is 39.4 Å². The van der Waals surface area contributed by atoms with Gasteiger partial charge >= 0.3 is 5.95 Å². The molecule has 39 heavy (non-hydrogen) atoms. The van der Waals surface area contributed by atoms with Crippen molar-refractivity contribution in [2.45, 2.75) is 44.0 Å². The molecule has 1 aliphatic heterocycles. The molecule has 1 aliphatic rings. The van der Waals surface area contributed by atoms with Crippen molar-refractivity contribution in [2.75, 3.05) is 40.6 Å². The number of epoxide rings is 1. The van der Waals surface area contributed by atoms with Crippen molar-refractivity contribution in [3.63, 3.8) is 0 Å². The maximum atomic E-state index is 13.3. The van der Waals surface area contributed by atoms with Crippen LogP contribution in [-0.4, -0.2) is 93.0 Å². The highest BCUT2D eigenvalue weighted by Crippen LogP contribution is 2.29. The molecular weight excluding hydrogens is 512 g/mol. The lowest BCUT2D eigenvalue weighted by Gasteiger charge is -2.25. The van der Waals surface area contributed by atoms with Gasteiger partial charge in [-0.2, -0.15) is 0 Å². The van der Waals surface area contributed by atoms with E-state index in [0.29, 0.717) is 6.61 Å². The standard InChI is InChI=1S/C26H34N4O9/c1-5-37-21-12-18(30-39-21)23(32)28-20(14-36-4)25(34)29-19(13-35-3)24(33)27-17(22(31)26(2)15-38-26)11-16-9-7-6-8-10-16/h6-10,12,17,19-20H,5,11,13-15H2,1-4H3,(H,27,33)(H,28,32)(H,29,34)/t17?,19-,20?,26+/m0/s1. The number of ether oxygens (including phenoxy) is 4. The third-order valence-electron chi connectivity index (χ3n) is 5.94. The van der Waals surface area contributed by atoms with Crippen molar-refractivity contribution in [3.05, 3.63) is 47.7 Å². The van der Waals surface area contributed by atoms with Crippen molar-refractivity contribution in [3.8, 4) is 5.95 Å². The molecule has 3 N–H and O–H groups in total. The SMILES string of the molecule is CCOc1cc(C(=O)NC(COC)C(=O)N[C@@H](COC)C(=O)NC(Cc2ccccc2)C(=O)[C@@]2(C)CO2)no1. The fourth-order valence-corrected chi connectivity index (χ4v) is 3.73. The van der Waals surface area contributed by atoms with E-state index in [1.807, 2.05) is 30.3 Å². The van der Waals surface area contributed by atoms with Gasteiger partial charge in [0.2, 0.25) is 11.8 Å². The predicted molar refractivity (Wildman–Crippen MR) is 136 cm³/mol. The van der Waals surface area contributed by atoms with Crippen molar-refractivity contribution in [1.82, 2.24) is 21.1 Å². The minimum atomic E-state index is -1.18. The lowest BCUT2D eigenvalue weighted by Crippen LogP contribution is -2.59. The summed E-state index contributed by atoms with van der Waals surface area (Å²) in [7, 11) is 2.72. The summed E-state index contributed by atoms with van der Waals surface area (Å²) in [6.45, 7) is 3.61. The van der Waals surface area contributed by atoms with Crippen molar-refractivity contribution in [2.24, 2.45) is 0 Å². The van der Waals surface area contributed by atoms with Crippen LogP contribution in [0.25, 0.3) is 0 Å². The monoisotopic (exact) mass is 546 g/mol. The van der Waals surface area contributed by atoms with Crippen molar-refractivity contribution in [1.29, 1.82) is 0 Å². The highest BCUT2D eigenvalue weighted by Gasteiger charge is 2.50. The number of methoxy groups -OCH3 is 2. The lowest BCUT2D eigenvalue weighted by atomic mass is 9.94. The first kappa shape index (κ1) is 29.7. The normalized spacial score (nSPS) is 18.4. The van der Waals surface area contributed by atoms with Crippen LogP contribution in [0.4, 0.5) is 0 Å². The molecule has 1 fully saturated rings. The van der Waals surface area contributed by atoms with Gasteiger partial charge in [-0.3, -0.25) is 19.2 Å². The number of benzene rings is 1. The molecule has 0 radical (unpaired) electrons. The van der Waals surface area contributed by atoms with Gasteiger partial charge in [0.25, 0.3) is 5.91 Å². The molecule has 1 saturated heterocycles. The summed E-state index contributed by atoms with van der Waals surface area (Å²) in [6.07, 6.45) is 0.238. The lowest BCUT2D eigenvalue weighted by molar-refractivity contribution is -0.134. The van der Waals surface area contributed by atoms with Crippen LogP contribution >= 0.6 is 0 Å². The minimum Gasteiger partial charge on any atom is -0.464 e. The number of rotatable bonds is 16. The Bertz CT molecular complexity index is 1130. The van der Waals surface area contributed by atoms with Crippen LogP contribution in [0.3, 0.4) is 0 Å². The average Bonchev–Trinajstić information content (AvgIpc) is 3.50. The van der Waals surface area contributed by atoms with E-state index in [9.17, 15) is 19.2 Å². The Balaban J connectivity index is 1.69. The quantitative estimate of drug-likeness (QED) is 0.244. The van der Waals surface area contributed by atoms with Gasteiger partial charge in [-0.15, -0.1) is 0 Å². The number of ketones is 1. The molecule has 212 valence electrons. The third-order valence-corrected chi connectivity index (χ3v) is 5.94. The maximum absolute atomic E-state index is 13.3. The third kappa shape index (κ3) is 8.34. The van der Waals surface area contributed by atoms with E-state index in [1.54, 1.807) is 13.8 Å². The summed E-state index contributed by atoms with van der Waals surface area (Å²) >= 11 is 0. The molecule has 1 aromatic heterocycles. The minimum absolute atomic E-state index is 0.0530. The molecule has 3 rings (SSSR count). The first-order chi connectivity index (χ1) is 18.7. The molecule has 13 nitrogen and oxygen atoms in total. The van der Waals surface area contributed by atoms with E-state index in [-0.39, 0.29) is 43.7 Å². The first-order valence-corrected chi connectivity index (χ1v) is 12.4. The topological polar surface area (TPSA) is 171 Å². The number of amides is 3. The molecule has 4 atom stereocenters. The van der Waals surface area contributed by atoms with Gasteiger partial charge in [-0.1, -0.05) is 35.5 Å². The molecule has 2 aromatic rings. The van der Waals surface area contributed by atoms with Gasteiger partial charge in [0.15, 0.2) is 11.5 Å². The zero-order valence-electron chi connectivity index (χ0n) is 22.4. The van der Waals surface area contributed by atoms with Gasteiger partial charge in [0.05, 0.1) is 38.5 Å². The molecule has 2 unspecified atom stereocenters. The second kappa shape index (κ2) is 13.8. The Morgan fingerprint density at radius 3 is 2.13 bits per heavy atom. The van der Waals surface area contributed by atoms with Crippen LogP contribution in [0, 0.1) is 0 Å². The molecule has 2 heterocycles. The van der Waals surface area contributed by atoms with Crippen LogP contribution in [0.15, 0.2) is 40.9 Å². The van der Waals surface area contributed by atoms with Crippen LogP contribution < -0.4 is 20.7 Å². The summed E-state index contributed by atoms with van der Waals surface area (Å²) in [5.41, 5.74) is -0.225. The molecule has 0 bridgehead atoms. The van der Waals surface area contributed by atoms with E-state index in [2.05, 4.69) is 21.1 Å². The summed E-state index contributed by atoms with van der Waals surface area (Å²) in [6, 6.07) is 7.26. The van der Waals surface area contributed by atoms with E-state index >= 15 is 0 Å². The fourth-order valence-electron chi connectivity index (χ4n) is 3.73. The van der Waals surface area contributed by atoms with Crippen LogP contribution in [0.5, 0.6) is 5.95 Å². The van der Waals surface area contributed by atoms with E-state index in [1.165, 1.54) is 20.3 Å². The molecule has 0 spiro atoms. The predicted octanol–water partition coefficient (Wildman–Crippen LogP) is 0.0348. The second-order valence-electron chi connectivity index (χ2n) is 9.10. The zero-order chi connectivity index (χ0) is 28.4. The van der Waals surface area contributed by atoms with Crippen LogP contribution in [0.2, 0.25) is 0 Å². The highest BCUT2D eigenvalue weighted by atomic mass is 16.6. The molecule has 0 saturated carbocycles. The van der Waals surface area contributed by atoms with Crippen molar-refractivity contribution < 1.29 is 42.6 Å². The number of hydrogen-bond donors (Lipinski definition) is 3. The van der Waals surface area contributed by atoms with Crippen molar-refractivity contribution >= 4 is 23.5 Å². The molecular formula is C26H34N4O9. The van der Waals surface area contributed by atoms with Gasteiger partial charge in [0.1, 0.15) is 17.7 Å². The largest absolute Gasteiger partial charge is 0.464 e. The van der Waals surface area contributed by atoms with Gasteiger partial charge in [-0.05, 0) is 25.8 Å². The fraction of sp³-hybridized carbons (Fsp3) is 0.500. The molecule has 13 heteroatoms. The Kier molecular flexibility index (Phi) is 10.5. The average molecular weight is 547 g/mol. The van der Waals surface area contributed by atoms with Gasteiger partial charge in [-0.25, -0.2) is 0 Å². The second-order valence-corrected chi connectivity index (χ2v) is 9.10. The Morgan fingerprint density at radius 2 is 1.56 bits per heavy atom. The first-order valence-electron chi connectivity index (χ1n) is 12.4.